The zero-order valence-corrected chi connectivity index (χ0v) is 31.5. The first-order chi connectivity index (χ1) is 25.0. The number of halogens is 2. The van der Waals surface area contributed by atoms with Crippen molar-refractivity contribution in [1.29, 1.82) is 0 Å². The Hall–Kier alpha value is -4.00. The summed E-state index contributed by atoms with van der Waals surface area (Å²) in [5, 5.41) is 14.0. The molecule has 1 amide bonds. The average molecular weight is 768 g/mol. The molecule has 0 bridgehead atoms. The van der Waals surface area contributed by atoms with Crippen LogP contribution in [-0.2, 0) is 27.4 Å². The number of morpholine rings is 2. The Bertz CT molecular complexity index is 1920. The standard InChI is InChI=1S/C40H46N4O7.2ClH/c45-37(25-42-12-17-48-18-13-42)41-30-7-11-34(43-14-19-49-20-15-43)29(22-30)26-51-31-8-10-33-36(24-31)50-21-16-44-35-23-28(40(46)47)6-9-32(35)38(39(33)44)27-4-2-1-3-5-27;;/h6-11,22-24,27H,1-5,12-21,25-26H2,(H,41,45)(H,46,47);2*1H. The van der Waals surface area contributed by atoms with Crippen molar-refractivity contribution >= 4 is 59.0 Å². The van der Waals surface area contributed by atoms with E-state index < -0.39 is 5.97 Å². The van der Waals surface area contributed by atoms with Gasteiger partial charge in [0.1, 0.15) is 24.7 Å². The van der Waals surface area contributed by atoms with Gasteiger partial charge in [-0.1, -0.05) is 25.3 Å². The second-order valence-corrected chi connectivity index (χ2v) is 14.0. The van der Waals surface area contributed by atoms with Crippen LogP contribution in [0.2, 0.25) is 0 Å². The van der Waals surface area contributed by atoms with Crippen LogP contribution in [0.5, 0.6) is 11.5 Å². The monoisotopic (exact) mass is 766 g/mol. The van der Waals surface area contributed by atoms with Gasteiger partial charge in [-0.25, -0.2) is 4.79 Å². The van der Waals surface area contributed by atoms with Gasteiger partial charge in [-0.05, 0) is 66.8 Å². The number of hydrogen-bond acceptors (Lipinski definition) is 8. The van der Waals surface area contributed by atoms with Gasteiger partial charge in [0.25, 0.3) is 0 Å². The smallest absolute Gasteiger partial charge is 0.335 e. The van der Waals surface area contributed by atoms with E-state index in [0.717, 1.165) is 83.9 Å². The number of carboxylic acid groups (broad SMARTS) is 1. The molecule has 3 aliphatic heterocycles. The summed E-state index contributed by atoms with van der Waals surface area (Å²) in [7, 11) is 0. The van der Waals surface area contributed by atoms with Gasteiger partial charge in [0.2, 0.25) is 5.91 Å². The molecule has 13 heteroatoms. The highest BCUT2D eigenvalue weighted by Crippen LogP contribution is 2.48. The van der Waals surface area contributed by atoms with E-state index >= 15 is 0 Å². The van der Waals surface area contributed by atoms with Gasteiger partial charge in [-0.3, -0.25) is 9.69 Å². The fourth-order valence-corrected chi connectivity index (χ4v) is 8.21. The summed E-state index contributed by atoms with van der Waals surface area (Å²) in [4.78, 5) is 29.3. The minimum Gasteiger partial charge on any atom is -0.491 e. The van der Waals surface area contributed by atoms with E-state index in [0.29, 0.717) is 70.0 Å². The number of amides is 1. The van der Waals surface area contributed by atoms with Gasteiger partial charge in [-0.15, -0.1) is 24.8 Å². The highest BCUT2D eigenvalue weighted by atomic mass is 35.5. The second-order valence-electron chi connectivity index (χ2n) is 14.0. The van der Waals surface area contributed by atoms with Crippen LogP contribution in [-0.4, -0.2) is 92.2 Å². The van der Waals surface area contributed by atoms with Crippen LogP contribution >= 0.6 is 24.8 Å². The number of benzene rings is 3. The van der Waals surface area contributed by atoms with E-state index in [9.17, 15) is 14.7 Å². The van der Waals surface area contributed by atoms with Gasteiger partial charge < -0.3 is 38.8 Å². The number of nitrogens with one attached hydrogen (secondary N) is 1. The number of hydrogen-bond donors (Lipinski definition) is 2. The van der Waals surface area contributed by atoms with Crippen molar-refractivity contribution in [1.82, 2.24) is 9.47 Å². The Morgan fingerprint density at radius 3 is 2.34 bits per heavy atom. The SMILES string of the molecule is Cl.Cl.O=C(CN1CCOCC1)Nc1ccc(N2CCOCC2)c(COc2ccc3c(c2)OCCn2c-3c(C3CCCCC3)c3ccc(C(=O)O)cc32)c1. The van der Waals surface area contributed by atoms with Gasteiger partial charge in [0, 0.05) is 65.6 Å². The maximum absolute atomic E-state index is 12.9. The van der Waals surface area contributed by atoms with Crippen LogP contribution in [0.15, 0.2) is 54.6 Å². The number of rotatable bonds is 9. The van der Waals surface area contributed by atoms with Crippen molar-refractivity contribution in [3.63, 3.8) is 0 Å². The van der Waals surface area contributed by atoms with Crippen molar-refractivity contribution in [3.8, 4) is 22.8 Å². The predicted molar refractivity (Wildman–Crippen MR) is 210 cm³/mol. The summed E-state index contributed by atoms with van der Waals surface area (Å²) in [5.41, 5.74) is 7.48. The molecule has 2 saturated heterocycles. The average Bonchev–Trinajstić information content (AvgIpc) is 3.36. The molecule has 53 heavy (non-hydrogen) atoms. The summed E-state index contributed by atoms with van der Waals surface area (Å²) in [5.74, 6) is 0.907. The molecule has 3 aromatic carbocycles. The Kier molecular flexibility index (Phi) is 12.7. The topological polar surface area (TPSA) is 115 Å². The molecule has 0 unspecified atom stereocenters. The molecule has 3 fully saturated rings. The van der Waals surface area contributed by atoms with E-state index in [2.05, 4.69) is 31.8 Å². The largest absolute Gasteiger partial charge is 0.491 e. The number of aromatic nitrogens is 1. The molecule has 4 heterocycles. The number of ether oxygens (including phenoxy) is 4. The molecule has 2 N–H and O–H groups in total. The Balaban J connectivity index is 0.00000240. The maximum Gasteiger partial charge on any atom is 0.335 e. The molecule has 8 rings (SSSR count). The first-order valence-corrected chi connectivity index (χ1v) is 18.4. The van der Waals surface area contributed by atoms with Gasteiger partial charge in [0.05, 0.1) is 50.8 Å². The van der Waals surface area contributed by atoms with Crippen molar-refractivity contribution in [2.75, 3.05) is 76.0 Å². The zero-order chi connectivity index (χ0) is 34.7. The first-order valence-electron chi connectivity index (χ1n) is 18.4. The summed E-state index contributed by atoms with van der Waals surface area (Å²) < 4.78 is 26.2. The third-order valence-corrected chi connectivity index (χ3v) is 10.7. The molecule has 284 valence electrons. The fourth-order valence-electron chi connectivity index (χ4n) is 8.21. The molecular formula is C40H48Cl2N4O7. The molecule has 1 aliphatic carbocycles. The predicted octanol–water partition coefficient (Wildman–Crippen LogP) is 6.98. The maximum atomic E-state index is 12.9. The summed E-state index contributed by atoms with van der Waals surface area (Å²) in [6.07, 6.45) is 5.91. The van der Waals surface area contributed by atoms with Crippen LogP contribution in [0, 0.1) is 0 Å². The molecule has 4 aliphatic rings. The van der Waals surface area contributed by atoms with E-state index in [1.54, 1.807) is 6.07 Å². The zero-order valence-electron chi connectivity index (χ0n) is 29.8. The molecule has 11 nitrogen and oxygen atoms in total. The van der Waals surface area contributed by atoms with Crippen LogP contribution in [0.4, 0.5) is 11.4 Å². The molecule has 0 radical (unpaired) electrons. The molecule has 1 saturated carbocycles. The lowest BCUT2D eigenvalue weighted by Crippen LogP contribution is -2.41. The first kappa shape index (κ1) is 38.7. The summed E-state index contributed by atoms with van der Waals surface area (Å²) >= 11 is 0. The minimum absolute atomic E-state index is 0. The van der Waals surface area contributed by atoms with Crippen LogP contribution in [0.3, 0.4) is 0 Å². The number of nitrogens with zero attached hydrogens (tertiary/aromatic N) is 3. The number of carbonyl (C=O) groups excluding carboxylic acids is 1. The molecule has 4 aromatic rings. The van der Waals surface area contributed by atoms with Crippen molar-refractivity contribution in [3.05, 3.63) is 71.3 Å². The highest BCUT2D eigenvalue weighted by Gasteiger charge is 2.30. The van der Waals surface area contributed by atoms with Crippen molar-refractivity contribution < 1.29 is 33.6 Å². The normalized spacial score (nSPS) is 17.7. The van der Waals surface area contributed by atoms with Gasteiger partial charge in [-0.2, -0.15) is 0 Å². The van der Waals surface area contributed by atoms with E-state index in [1.165, 1.54) is 24.8 Å². The van der Waals surface area contributed by atoms with Gasteiger partial charge in [0.15, 0.2) is 0 Å². The third-order valence-electron chi connectivity index (χ3n) is 10.7. The Labute approximate surface area is 322 Å². The van der Waals surface area contributed by atoms with E-state index in [-0.39, 0.29) is 30.7 Å². The third kappa shape index (κ3) is 8.39. The number of carboxylic acids is 1. The minimum atomic E-state index is -0.920. The lowest BCUT2D eigenvalue weighted by atomic mass is 9.81. The van der Waals surface area contributed by atoms with Crippen LogP contribution in [0.25, 0.3) is 22.2 Å². The Morgan fingerprint density at radius 1 is 0.830 bits per heavy atom. The Morgan fingerprint density at radius 2 is 1.58 bits per heavy atom. The quantitative estimate of drug-likeness (QED) is 0.186. The van der Waals surface area contributed by atoms with E-state index in [1.807, 2.05) is 36.4 Å². The fraction of sp³-hybridized carbons (Fsp3) is 0.450. The second kappa shape index (κ2) is 17.4. The van der Waals surface area contributed by atoms with Gasteiger partial charge >= 0.3 is 5.97 Å². The lowest BCUT2D eigenvalue weighted by Gasteiger charge is -2.31. The number of aromatic carboxylic acids is 1. The molecule has 1 aromatic heterocycles. The summed E-state index contributed by atoms with van der Waals surface area (Å²) in [6, 6.07) is 17.7. The van der Waals surface area contributed by atoms with E-state index in [4.69, 9.17) is 18.9 Å². The number of fused-ring (bicyclic) bond motifs is 5. The lowest BCUT2D eigenvalue weighted by molar-refractivity contribution is -0.118. The van der Waals surface area contributed by atoms with Crippen LogP contribution < -0.4 is 19.7 Å². The highest BCUT2D eigenvalue weighted by molar-refractivity contribution is 5.99. The van der Waals surface area contributed by atoms with Crippen LogP contribution in [0.1, 0.15) is 59.5 Å². The van der Waals surface area contributed by atoms with Crippen molar-refractivity contribution in [2.45, 2.75) is 51.2 Å². The molecule has 0 atom stereocenters. The molecular weight excluding hydrogens is 719 g/mol. The van der Waals surface area contributed by atoms with Crippen molar-refractivity contribution in [2.24, 2.45) is 0 Å². The summed E-state index contributed by atoms with van der Waals surface area (Å²) in [6.45, 7) is 7.43. The number of carbonyl (C=O) groups is 2. The number of anilines is 2. The molecule has 0 spiro atoms.